The number of anilines is 1. The highest BCUT2D eigenvalue weighted by atomic mass is 19.1. The monoisotopic (exact) mass is 580 g/mol. The molecule has 0 radical (unpaired) electrons. The van der Waals surface area contributed by atoms with E-state index >= 15 is 0 Å². The lowest BCUT2D eigenvalue weighted by Crippen LogP contribution is -2.55. The van der Waals surface area contributed by atoms with E-state index in [2.05, 4.69) is 5.32 Å². The fourth-order valence-corrected chi connectivity index (χ4v) is 5.13. The van der Waals surface area contributed by atoms with Gasteiger partial charge < -0.3 is 25.2 Å². The minimum Gasteiger partial charge on any atom is -0.484 e. The first-order valence-corrected chi connectivity index (χ1v) is 13.8. The maximum atomic E-state index is 13.6. The molecule has 4 atom stereocenters. The average molecular weight is 581 g/mol. The summed E-state index contributed by atoms with van der Waals surface area (Å²) < 4.78 is 32.4. The van der Waals surface area contributed by atoms with Crippen LogP contribution in [0.2, 0.25) is 0 Å². The molecule has 2 amide bonds. The van der Waals surface area contributed by atoms with Gasteiger partial charge in [-0.1, -0.05) is 38.1 Å². The summed E-state index contributed by atoms with van der Waals surface area (Å²) in [7, 11) is 0. The lowest BCUT2D eigenvalue weighted by molar-refractivity contribution is -0.142. The van der Waals surface area contributed by atoms with Gasteiger partial charge in [0.15, 0.2) is 6.61 Å². The van der Waals surface area contributed by atoms with Crippen LogP contribution in [0.3, 0.4) is 0 Å². The highest BCUT2D eigenvalue weighted by Crippen LogP contribution is 2.46. The van der Waals surface area contributed by atoms with Gasteiger partial charge in [0.25, 0.3) is 5.91 Å². The van der Waals surface area contributed by atoms with Crippen molar-refractivity contribution in [1.82, 2.24) is 5.32 Å². The number of benzene rings is 3. The molecule has 10 heteroatoms. The average Bonchev–Trinajstić information content (AvgIpc) is 2.95. The molecule has 4 rings (SSSR count). The normalized spacial score (nSPS) is 17.9. The third-order valence-electron chi connectivity index (χ3n) is 7.26. The fraction of sp³-hybridized carbons (Fsp3) is 0.344. The van der Waals surface area contributed by atoms with E-state index in [0.29, 0.717) is 29.8 Å². The van der Waals surface area contributed by atoms with Crippen LogP contribution in [0.1, 0.15) is 56.4 Å². The Morgan fingerprint density at radius 2 is 1.55 bits per heavy atom. The predicted molar refractivity (Wildman–Crippen MR) is 152 cm³/mol. The highest BCUT2D eigenvalue weighted by molar-refractivity contribution is 6.03. The SMILES string of the molecule is CC(C)C[C@@H](NC(=O)COc1ccc(C2C(CC[C@@H](O)c3ccc(F)cc3)C(=O)N2c2ccc(F)cc2)cc1)C(=O)O. The molecule has 1 heterocycles. The molecule has 0 aliphatic carbocycles. The molecule has 3 N–H and O–H groups in total. The van der Waals surface area contributed by atoms with Crippen LogP contribution in [-0.2, 0) is 14.4 Å². The van der Waals surface area contributed by atoms with Crippen molar-refractivity contribution in [3.8, 4) is 5.75 Å². The maximum absolute atomic E-state index is 13.6. The number of carbonyl (C=O) groups is 3. The van der Waals surface area contributed by atoms with Crippen molar-refractivity contribution in [3.63, 3.8) is 0 Å². The molecule has 8 nitrogen and oxygen atoms in total. The number of β-lactam (4-membered cyclic amide) rings is 1. The van der Waals surface area contributed by atoms with E-state index in [9.17, 15) is 33.4 Å². The number of rotatable bonds is 13. The number of nitrogens with zero attached hydrogens (tertiary/aromatic N) is 1. The summed E-state index contributed by atoms with van der Waals surface area (Å²) in [6.07, 6.45) is 0.0595. The van der Waals surface area contributed by atoms with Crippen LogP contribution in [0.25, 0.3) is 0 Å². The second kappa shape index (κ2) is 13.6. The molecule has 222 valence electrons. The third-order valence-corrected chi connectivity index (χ3v) is 7.26. The lowest BCUT2D eigenvalue weighted by atomic mass is 9.78. The Kier molecular flexibility index (Phi) is 9.90. The Morgan fingerprint density at radius 1 is 0.952 bits per heavy atom. The van der Waals surface area contributed by atoms with E-state index in [1.807, 2.05) is 13.8 Å². The van der Waals surface area contributed by atoms with Crippen LogP contribution in [-0.4, -0.2) is 40.6 Å². The smallest absolute Gasteiger partial charge is 0.326 e. The molecule has 3 aromatic carbocycles. The van der Waals surface area contributed by atoms with Gasteiger partial charge in [0.2, 0.25) is 5.91 Å². The number of amides is 2. The topological polar surface area (TPSA) is 116 Å². The zero-order valence-corrected chi connectivity index (χ0v) is 23.4. The first-order valence-electron chi connectivity index (χ1n) is 13.8. The number of aliphatic carboxylic acids is 1. The van der Waals surface area contributed by atoms with Gasteiger partial charge in [0.05, 0.1) is 18.1 Å². The lowest BCUT2D eigenvalue weighted by Gasteiger charge is -2.48. The van der Waals surface area contributed by atoms with E-state index in [1.165, 1.54) is 48.5 Å². The van der Waals surface area contributed by atoms with Crippen LogP contribution >= 0.6 is 0 Å². The molecular weight excluding hydrogens is 546 g/mol. The Morgan fingerprint density at radius 3 is 2.12 bits per heavy atom. The van der Waals surface area contributed by atoms with Crippen molar-refractivity contribution in [2.24, 2.45) is 11.8 Å². The molecule has 1 aliphatic rings. The van der Waals surface area contributed by atoms with E-state index in [-0.39, 0.29) is 24.9 Å². The summed E-state index contributed by atoms with van der Waals surface area (Å²) in [5, 5.41) is 22.4. The fourth-order valence-electron chi connectivity index (χ4n) is 5.13. The molecule has 1 saturated heterocycles. The number of ether oxygens (including phenoxy) is 1. The number of halogens is 2. The summed E-state index contributed by atoms with van der Waals surface area (Å²) >= 11 is 0. The number of nitrogens with one attached hydrogen (secondary N) is 1. The number of carboxylic acids is 1. The summed E-state index contributed by atoms with van der Waals surface area (Å²) in [5.41, 5.74) is 1.87. The number of carbonyl (C=O) groups excluding carboxylic acids is 2. The Hall–Kier alpha value is -4.31. The molecular formula is C32H34F2N2O6. The van der Waals surface area contributed by atoms with Gasteiger partial charge in [-0.2, -0.15) is 0 Å². The number of aliphatic hydroxyl groups is 1. The first-order chi connectivity index (χ1) is 20.0. The molecule has 2 unspecified atom stereocenters. The molecule has 0 saturated carbocycles. The molecule has 3 aromatic rings. The van der Waals surface area contributed by atoms with E-state index in [4.69, 9.17) is 4.74 Å². The van der Waals surface area contributed by atoms with Crippen molar-refractivity contribution in [1.29, 1.82) is 0 Å². The van der Waals surface area contributed by atoms with Gasteiger partial charge >= 0.3 is 5.97 Å². The van der Waals surface area contributed by atoms with Crippen molar-refractivity contribution in [3.05, 3.63) is 95.6 Å². The van der Waals surface area contributed by atoms with Crippen molar-refractivity contribution in [2.45, 2.75) is 51.3 Å². The van der Waals surface area contributed by atoms with Gasteiger partial charge in [-0.05, 0) is 84.8 Å². The zero-order valence-electron chi connectivity index (χ0n) is 23.4. The number of hydrogen-bond donors (Lipinski definition) is 3. The number of carboxylic acid groups (broad SMARTS) is 1. The van der Waals surface area contributed by atoms with E-state index in [0.717, 1.165) is 5.56 Å². The van der Waals surface area contributed by atoms with Crippen LogP contribution in [0.15, 0.2) is 72.8 Å². The molecule has 0 bridgehead atoms. The molecule has 0 spiro atoms. The van der Waals surface area contributed by atoms with E-state index in [1.54, 1.807) is 29.2 Å². The van der Waals surface area contributed by atoms with Crippen LogP contribution in [0.4, 0.5) is 14.5 Å². The summed E-state index contributed by atoms with van der Waals surface area (Å²) in [6, 6.07) is 16.6. The molecule has 0 aromatic heterocycles. The Balaban J connectivity index is 1.44. The first kappa shape index (κ1) is 30.6. The summed E-state index contributed by atoms with van der Waals surface area (Å²) in [5.74, 6) is -2.65. The van der Waals surface area contributed by atoms with Crippen molar-refractivity contribution < 1.29 is 38.1 Å². The van der Waals surface area contributed by atoms with E-state index < -0.39 is 47.6 Å². The van der Waals surface area contributed by atoms with Gasteiger partial charge in [0.1, 0.15) is 23.4 Å². The minimum absolute atomic E-state index is 0.0859. The highest BCUT2D eigenvalue weighted by Gasteiger charge is 2.48. The van der Waals surface area contributed by atoms with Crippen LogP contribution < -0.4 is 15.0 Å². The van der Waals surface area contributed by atoms with Crippen molar-refractivity contribution >= 4 is 23.5 Å². The maximum Gasteiger partial charge on any atom is 0.326 e. The second-order valence-electron chi connectivity index (χ2n) is 10.8. The largest absolute Gasteiger partial charge is 0.484 e. The Bertz CT molecular complexity index is 1380. The molecule has 42 heavy (non-hydrogen) atoms. The van der Waals surface area contributed by atoms with Crippen LogP contribution in [0.5, 0.6) is 5.75 Å². The number of hydrogen-bond acceptors (Lipinski definition) is 5. The summed E-state index contributed by atoms with van der Waals surface area (Å²) in [4.78, 5) is 38.5. The molecule has 1 fully saturated rings. The Labute approximate surface area is 242 Å². The van der Waals surface area contributed by atoms with Gasteiger partial charge in [0, 0.05) is 5.69 Å². The van der Waals surface area contributed by atoms with Crippen molar-refractivity contribution in [2.75, 3.05) is 11.5 Å². The minimum atomic E-state index is -1.11. The van der Waals surface area contributed by atoms with Crippen LogP contribution in [0, 0.1) is 23.5 Å². The van der Waals surface area contributed by atoms with Gasteiger partial charge in [-0.15, -0.1) is 0 Å². The quantitative estimate of drug-likeness (QED) is 0.240. The van der Waals surface area contributed by atoms with Gasteiger partial charge in [-0.3, -0.25) is 9.59 Å². The standard InChI is InChI=1S/C32H34F2N2O6/c1-19(2)17-27(32(40)41)35-29(38)18-42-25-13-5-21(6-14-25)30-26(15-16-28(37)20-3-7-22(33)8-4-20)31(39)36(30)24-11-9-23(34)10-12-24/h3-14,19,26-28,30,37H,15-18H2,1-2H3,(H,35,38)(H,40,41)/t26?,27-,28-,30?/m1/s1. The predicted octanol–water partition coefficient (Wildman–Crippen LogP) is 5.18. The molecule has 1 aliphatic heterocycles. The zero-order chi connectivity index (χ0) is 30.4. The summed E-state index contributed by atoms with van der Waals surface area (Å²) in [6.45, 7) is 3.37. The number of aliphatic hydroxyl groups excluding tert-OH is 1. The third kappa shape index (κ3) is 7.50. The van der Waals surface area contributed by atoms with Gasteiger partial charge in [-0.25, -0.2) is 13.6 Å². The second-order valence-corrected chi connectivity index (χ2v) is 10.8.